The molecule has 2 rings (SSSR count). The first-order chi connectivity index (χ1) is 7.65. The highest BCUT2D eigenvalue weighted by Gasteiger charge is 2.14. The fourth-order valence-electron chi connectivity index (χ4n) is 1.58. The van der Waals surface area contributed by atoms with Crippen molar-refractivity contribution in [2.24, 2.45) is 5.92 Å². The van der Waals surface area contributed by atoms with Crippen LogP contribution in [0.15, 0.2) is 34.7 Å². The summed E-state index contributed by atoms with van der Waals surface area (Å²) in [5.74, 6) is 0.655. The summed E-state index contributed by atoms with van der Waals surface area (Å²) < 4.78 is 18.0. The SMILES string of the molecule is CC(=O)c1cnc(CC2C=CC(F)=CC2)o1. The monoisotopic (exact) mass is 221 g/mol. The number of carbonyl (C=O) groups is 1. The molecule has 0 bridgehead atoms. The molecule has 0 saturated carbocycles. The van der Waals surface area contributed by atoms with Gasteiger partial charge in [0, 0.05) is 13.3 Å². The molecule has 3 nitrogen and oxygen atoms in total. The second-order valence-electron chi connectivity index (χ2n) is 3.82. The fraction of sp³-hybridized carbons (Fsp3) is 0.333. The minimum atomic E-state index is -0.201. The predicted octanol–water partition coefficient (Wildman–Crippen LogP) is 2.85. The van der Waals surface area contributed by atoms with Crippen molar-refractivity contribution >= 4 is 5.78 Å². The lowest BCUT2D eigenvalue weighted by Crippen LogP contribution is -2.03. The van der Waals surface area contributed by atoms with Crippen molar-refractivity contribution in [3.8, 4) is 0 Å². The van der Waals surface area contributed by atoms with E-state index in [-0.39, 0.29) is 23.3 Å². The van der Waals surface area contributed by atoms with E-state index < -0.39 is 0 Å². The van der Waals surface area contributed by atoms with E-state index in [1.807, 2.05) is 0 Å². The zero-order valence-electron chi connectivity index (χ0n) is 8.94. The highest BCUT2D eigenvalue weighted by Crippen LogP contribution is 2.21. The summed E-state index contributed by atoms with van der Waals surface area (Å²) in [5.41, 5.74) is 0. The van der Waals surface area contributed by atoms with Crippen LogP contribution in [0.1, 0.15) is 29.8 Å². The van der Waals surface area contributed by atoms with Crippen LogP contribution in [-0.2, 0) is 6.42 Å². The maximum atomic E-state index is 12.7. The van der Waals surface area contributed by atoms with Crippen LogP contribution in [0.2, 0.25) is 0 Å². The van der Waals surface area contributed by atoms with Gasteiger partial charge in [-0.2, -0.15) is 0 Å². The Morgan fingerprint density at radius 3 is 3.06 bits per heavy atom. The number of oxazole rings is 1. The molecule has 4 heteroatoms. The zero-order valence-corrected chi connectivity index (χ0v) is 8.94. The van der Waals surface area contributed by atoms with Gasteiger partial charge in [0.2, 0.25) is 0 Å². The van der Waals surface area contributed by atoms with E-state index in [0.29, 0.717) is 18.7 Å². The Morgan fingerprint density at radius 2 is 2.50 bits per heavy atom. The summed E-state index contributed by atoms with van der Waals surface area (Å²) in [6, 6.07) is 0. The average molecular weight is 221 g/mol. The maximum absolute atomic E-state index is 12.7. The molecule has 0 aromatic carbocycles. The van der Waals surface area contributed by atoms with Crippen LogP contribution >= 0.6 is 0 Å². The number of halogens is 1. The van der Waals surface area contributed by atoms with E-state index in [0.717, 1.165) is 0 Å². The molecule has 1 aromatic heterocycles. The summed E-state index contributed by atoms with van der Waals surface area (Å²) in [6.07, 6.45) is 7.45. The highest BCUT2D eigenvalue weighted by molar-refractivity contribution is 5.90. The highest BCUT2D eigenvalue weighted by atomic mass is 19.1. The number of ketones is 1. The van der Waals surface area contributed by atoms with Gasteiger partial charge >= 0.3 is 0 Å². The number of hydrogen-bond acceptors (Lipinski definition) is 3. The third-order valence-electron chi connectivity index (χ3n) is 2.48. The molecule has 1 unspecified atom stereocenters. The first kappa shape index (κ1) is 10.8. The van der Waals surface area contributed by atoms with Gasteiger partial charge < -0.3 is 4.42 Å². The molecule has 0 fully saturated rings. The number of hydrogen-bond donors (Lipinski definition) is 0. The summed E-state index contributed by atoms with van der Waals surface area (Å²) in [4.78, 5) is 15.0. The number of allylic oxidation sites excluding steroid dienone is 4. The Labute approximate surface area is 92.7 Å². The van der Waals surface area contributed by atoms with Crippen molar-refractivity contribution in [2.75, 3.05) is 0 Å². The zero-order chi connectivity index (χ0) is 11.5. The molecular formula is C12H12FNO2. The van der Waals surface area contributed by atoms with Crippen LogP contribution in [0.4, 0.5) is 4.39 Å². The van der Waals surface area contributed by atoms with Gasteiger partial charge in [0.1, 0.15) is 5.83 Å². The quantitative estimate of drug-likeness (QED) is 0.737. The topological polar surface area (TPSA) is 43.1 Å². The molecular weight excluding hydrogens is 209 g/mol. The maximum Gasteiger partial charge on any atom is 0.196 e. The van der Waals surface area contributed by atoms with Gasteiger partial charge in [0.15, 0.2) is 17.4 Å². The van der Waals surface area contributed by atoms with Gasteiger partial charge in [-0.25, -0.2) is 9.37 Å². The second kappa shape index (κ2) is 4.43. The number of aromatic nitrogens is 1. The molecule has 0 radical (unpaired) electrons. The first-order valence-corrected chi connectivity index (χ1v) is 5.14. The molecule has 1 aliphatic rings. The van der Waals surface area contributed by atoms with Crippen LogP contribution in [0.25, 0.3) is 0 Å². The third kappa shape index (κ3) is 2.45. The lowest BCUT2D eigenvalue weighted by Gasteiger charge is -2.10. The van der Waals surface area contributed by atoms with Gasteiger partial charge in [0.05, 0.1) is 6.20 Å². The molecule has 0 aliphatic heterocycles. The van der Waals surface area contributed by atoms with Gasteiger partial charge in [-0.15, -0.1) is 0 Å². The van der Waals surface area contributed by atoms with Crippen LogP contribution in [0.3, 0.4) is 0 Å². The molecule has 1 atom stereocenters. The van der Waals surface area contributed by atoms with E-state index >= 15 is 0 Å². The lowest BCUT2D eigenvalue weighted by atomic mass is 9.97. The van der Waals surface area contributed by atoms with E-state index in [1.165, 1.54) is 19.2 Å². The van der Waals surface area contributed by atoms with Crippen LogP contribution in [0, 0.1) is 5.92 Å². The van der Waals surface area contributed by atoms with E-state index in [4.69, 9.17) is 4.42 Å². The van der Waals surface area contributed by atoms with Gasteiger partial charge in [-0.1, -0.05) is 6.08 Å². The normalized spacial score (nSPS) is 19.6. The number of carbonyl (C=O) groups excluding carboxylic acids is 1. The van der Waals surface area contributed by atoms with Crippen LogP contribution in [-0.4, -0.2) is 10.8 Å². The predicted molar refractivity (Wildman–Crippen MR) is 56.6 cm³/mol. The second-order valence-corrected chi connectivity index (χ2v) is 3.82. The summed E-state index contributed by atoms with van der Waals surface area (Å²) in [7, 11) is 0. The summed E-state index contributed by atoms with van der Waals surface area (Å²) in [6.45, 7) is 1.43. The summed E-state index contributed by atoms with van der Waals surface area (Å²) >= 11 is 0. The Hall–Kier alpha value is -1.71. The molecule has 1 aliphatic carbocycles. The van der Waals surface area contributed by atoms with Gasteiger partial charge in [-0.3, -0.25) is 4.79 Å². The lowest BCUT2D eigenvalue weighted by molar-refractivity contribution is 0.0985. The van der Waals surface area contributed by atoms with Crippen molar-refractivity contribution in [1.29, 1.82) is 0 Å². The standard InChI is InChI=1S/C12H12FNO2/c1-8(15)11-7-14-12(16-11)6-9-2-4-10(13)5-3-9/h2,4-5,7,9H,3,6H2,1H3. The Kier molecular flexibility index (Phi) is 2.99. The Balaban J connectivity index is 2.00. The minimum absolute atomic E-state index is 0.135. The van der Waals surface area contributed by atoms with Crippen molar-refractivity contribution in [1.82, 2.24) is 4.98 Å². The van der Waals surface area contributed by atoms with Crippen LogP contribution < -0.4 is 0 Å². The van der Waals surface area contributed by atoms with Crippen molar-refractivity contribution in [2.45, 2.75) is 19.8 Å². The molecule has 0 saturated heterocycles. The van der Waals surface area contributed by atoms with Gasteiger partial charge in [0.25, 0.3) is 0 Å². The van der Waals surface area contributed by atoms with Gasteiger partial charge in [-0.05, 0) is 24.5 Å². The Bertz CT molecular complexity index is 459. The third-order valence-corrected chi connectivity index (χ3v) is 2.48. The molecule has 16 heavy (non-hydrogen) atoms. The van der Waals surface area contributed by atoms with Crippen molar-refractivity contribution in [3.63, 3.8) is 0 Å². The van der Waals surface area contributed by atoms with E-state index in [9.17, 15) is 9.18 Å². The number of nitrogens with zero attached hydrogens (tertiary/aromatic N) is 1. The smallest absolute Gasteiger partial charge is 0.196 e. The van der Waals surface area contributed by atoms with E-state index in [2.05, 4.69) is 4.98 Å². The summed E-state index contributed by atoms with van der Waals surface area (Å²) in [5, 5.41) is 0. The number of rotatable bonds is 3. The molecule has 84 valence electrons. The Morgan fingerprint density at radius 1 is 1.69 bits per heavy atom. The average Bonchev–Trinajstić information content (AvgIpc) is 2.70. The molecule has 0 N–H and O–H groups in total. The molecule has 0 amide bonds. The number of Topliss-reactive ketones (excluding diaryl/α,β-unsaturated/α-hetero) is 1. The largest absolute Gasteiger partial charge is 0.438 e. The molecule has 0 spiro atoms. The minimum Gasteiger partial charge on any atom is -0.438 e. The van der Waals surface area contributed by atoms with Crippen molar-refractivity contribution < 1.29 is 13.6 Å². The van der Waals surface area contributed by atoms with Crippen LogP contribution in [0.5, 0.6) is 0 Å². The van der Waals surface area contributed by atoms with E-state index in [1.54, 1.807) is 12.2 Å². The molecule has 1 aromatic rings. The fourth-order valence-corrected chi connectivity index (χ4v) is 1.58. The first-order valence-electron chi connectivity index (χ1n) is 5.14. The molecule has 1 heterocycles. The van der Waals surface area contributed by atoms with Crippen molar-refractivity contribution in [3.05, 3.63) is 41.9 Å².